The van der Waals surface area contributed by atoms with Crippen molar-refractivity contribution in [3.05, 3.63) is 0 Å². The van der Waals surface area contributed by atoms with Crippen molar-refractivity contribution >= 4 is 17.7 Å². The summed E-state index contributed by atoms with van der Waals surface area (Å²) >= 11 is 1.40. The minimum atomic E-state index is -0.210. The Morgan fingerprint density at radius 2 is 2.36 bits per heavy atom. The van der Waals surface area contributed by atoms with Gasteiger partial charge in [-0.2, -0.15) is 0 Å². The second-order valence-electron chi connectivity index (χ2n) is 2.11. The second kappa shape index (κ2) is 6.49. The number of hydrogen-bond acceptors (Lipinski definition) is 4. The van der Waals surface area contributed by atoms with Crippen LogP contribution in [-0.4, -0.2) is 35.3 Å². The van der Waals surface area contributed by atoms with E-state index in [0.29, 0.717) is 12.4 Å². The van der Waals surface area contributed by atoms with Gasteiger partial charge in [-0.05, 0) is 6.92 Å². The van der Waals surface area contributed by atoms with Crippen molar-refractivity contribution in [2.24, 2.45) is 0 Å². The molecule has 0 saturated carbocycles. The highest BCUT2D eigenvalue weighted by molar-refractivity contribution is 8.00. The molecule has 1 unspecified atom stereocenters. The van der Waals surface area contributed by atoms with Gasteiger partial charge in [-0.1, -0.05) is 6.92 Å². The first-order chi connectivity index (χ1) is 5.20. The summed E-state index contributed by atoms with van der Waals surface area (Å²) in [5.41, 5.74) is 0. The molecule has 0 heterocycles. The standard InChI is InChI=1S/C7H14O3S/c1-3-10-7(9)5-11-6(2)4-8/h6,8H,3-5H2,1-2H3. The number of rotatable bonds is 5. The zero-order chi connectivity index (χ0) is 8.69. The SMILES string of the molecule is CCOC(=O)CSC(C)CO. The number of aliphatic hydroxyl groups is 1. The molecule has 0 aromatic carbocycles. The van der Waals surface area contributed by atoms with E-state index in [0.717, 1.165) is 0 Å². The molecule has 0 aliphatic carbocycles. The third-order valence-electron chi connectivity index (χ3n) is 1.05. The lowest BCUT2D eigenvalue weighted by Crippen LogP contribution is -2.11. The van der Waals surface area contributed by atoms with Crippen LogP contribution in [0.4, 0.5) is 0 Å². The molecule has 0 fully saturated rings. The van der Waals surface area contributed by atoms with E-state index in [1.165, 1.54) is 11.8 Å². The third-order valence-corrected chi connectivity index (χ3v) is 2.17. The summed E-state index contributed by atoms with van der Waals surface area (Å²) < 4.78 is 4.70. The Kier molecular flexibility index (Phi) is 6.36. The largest absolute Gasteiger partial charge is 0.465 e. The van der Waals surface area contributed by atoms with Crippen molar-refractivity contribution in [1.82, 2.24) is 0 Å². The molecule has 0 aliphatic heterocycles. The second-order valence-corrected chi connectivity index (χ2v) is 3.54. The molecule has 4 heteroatoms. The number of hydrogen-bond donors (Lipinski definition) is 1. The fourth-order valence-corrected chi connectivity index (χ4v) is 1.08. The zero-order valence-electron chi connectivity index (χ0n) is 6.87. The van der Waals surface area contributed by atoms with Crippen LogP contribution in [0.2, 0.25) is 0 Å². The van der Waals surface area contributed by atoms with Crippen LogP contribution in [0, 0.1) is 0 Å². The minimum absolute atomic E-state index is 0.101. The normalized spacial score (nSPS) is 12.6. The Morgan fingerprint density at radius 1 is 1.73 bits per heavy atom. The van der Waals surface area contributed by atoms with Gasteiger partial charge in [-0.25, -0.2) is 0 Å². The van der Waals surface area contributed by atoms with Crippen molar-refractivity contribution < 1.29 is 14.6 Å². The molecule has 11 heavy (non-hydrogen) atoms. The van der Waals surface area contributed by atoms with Gasteiger partial charge in [0, 0.05) is 5.25 Å². The Morgan fingerprint density at radius 3 is 2.82 bits per heavy atom. The minimum Gasteiger partial charge on any atom is -0.465 e. The Balaban J connectivity index is 3.30. The Labute approximate surface area is 71.1 Å². The molecule has 0 spiro atoms. The predicted molar refractivity (Wildman–Crippen MR) is 45.6 cm³/mol. The average molecular weight is 178 g/mol. The zero-order valence-corrected chi connectivity index (χ0v) is 7.69. The highest BCUT2D eigenvalue weighted by Crippen LogP contribution is 2.08. The van der Waals surface area contributed by atoms with Gasteiger partial charge in [0.05, 0.1) is 19.0 Å². The number of carbonyl (C=O) groups excluding carboxylic acids is 1. The monoisotopic (exact) mass is 178 g/mol. The number of carbonyl (C=O) groups is 1. The molecular weight excluding hydrogens is 164 g/mol. The maximum Gasteiger partial charge on any atom is 0.315 e. The van der Waals surface area contributed by atoms with E-state index in [2.05, 4.69) is 0 Å². The van der Waals surface area contributed by atoms with E-state index < -0.39 is 0 Å². The molecule has 0 radical (unpaired) electrons. The van der Waals surface area contributed by atoms with Gasteiger partial charge in [0.2, 0.25) is 0 Å². The molecule has 0 aliphatic rings. The maximum absolute atomic E-state index is 10.7. The molecule has 3 nitrogen and oxygen atoms in total. The summed E-state index contributed by atoms with van der Waals surface area (Å²) in [6.07, 6.45) is 0. The van der Waals surface area contributed by atoms with Crippen LogP contribution in [0.25, 0.3) is 0 Å². The van der Waals surface area contributed by atoms with Crippen molar-refractivity contribution in [2.45, 2.75) is 19.1 Å². The molecule has 0 saturated heterocycles. The van der Waals surface area contributed by atoms with Crippen LogP contribution in [0.3, 0.4) is 0 Å². The summed E-state index contributed by atoms with van der Waals surface area (Å²) in [5.74, 6) is 0.119. The van der Waals surface area contributed by atoms with Crippen LogP contribution >= 0.6 is 11.8 Å². The summed E-state index contributed by atoms with van der Waals surface area (Å²) in [7, 11) is 0. The molecule has 0 rings (SSSR count). The van der Waals surface area contributed by atoms with Crippen LogP contribution in [-0.2, 0) is 9.53 Å². The van der Waals surface area contributed by atoms with Gasteiger partial charge >= 0.3 is 5.97 Å². The van der Waals surface area contributed by atoms with E-state index in [9.17, 15) is 4.79 Å². The lowest BCUT2D eigenvalue weighted by atomic mass is 10.5. The van der Waals surface area contributed by atoms with Gasteiger partial charge in [0.25, 0.3) is 0 Å². The third kappa shape index (κ3) is 6.19. The van der Waals surface area contributed by atoms with E-state index in [1.54, 1.807) is 6.92 Å². The van der Waals surface area contributed by atoms with Crippen LogP contribution in [0.5, 0.6) is 0 Å². The van der Waals surface area contributed by atoms with Crippen molar-refractivity contribution in [3.63, 3.8) is 0 Å². The molecule has 1 atom stereocenters. The number of esters is 1. The summed E-state index contributed by atoms with van der Waals surface area (Å²) in [6.45, 7) is 4.17. The van der Waals surface area contributed by atoms with E-state index >= 15 is 0 Å². The fraction of sp³-hybridized carbons (Fsp3) is 0.857. The van der Waals surface area contributed by atoms with Gasteiger partial charge in [0.15, 0.2) is 0 Å². The molecule has 0 bridgehead atoms. The number of aliphatic hydroxyl groups excluding tert-OH is 1. The number of ether oxygens (including phenoxy) is 1. The van der Waals surface area contributed by atoms with Crippen molar-refractivity contribution in [3.8, 4) is 0 Å². The van der Waals surface area contributed by atoms with Crippen molar-refractivity contribution in [1.29, 1.82) is 0 Å². The van der Waals surface area contributed by atoms with Gasteiger partial charge in [-0.15, -0.1) is 11.8 Å². The van der Waals surface area contributed by atoms with Crippen molar-refractivity contribution in [2.75, 3.05) is 19.0 Å². The van der Waals surface area contributed by atoms with Crippen LogP contribution in [0.1, 0.15) is 13.8 Å². The van der Waals surface area contributed by atoms with Crippen LogP contribution < -0.4 is 0 Å². The first kappa shape index (κ1) is 10.8. The molecular formula is C7H14O3S. The van der Waals surface area contributed by atoms with E-state index in [4.69, 9.17) is 9.84 Å². The summed E-state index contributed by atoms with van der Waals surface area (Å²) in [5, 5.41) is 8.72. The van der Waals surface area contributed by atoms with Crippen LogP contribution in [0.15, 0.2) is 0 Å². The first-order valence-electron chi connectivity index (χ1n) is 3.58. The average Bonchev–Trinajstić information content (AvgIpc) is 2.01. The Bertz CT molecular complexity index is 116. The molecule has 0 aromatic rings. The van der Waals surface area contributed by atoms with Gasteiger partial charge < -0.3 is 9.84 Å². The van der Waals surface area contributed by atoms with E-state index in [-0.39, 0.29) is 17.8 Å². The lowest BCUT2D eigenvalue weighted by molar-refractivity contribution is -0.139. The lowest BCUT2D eigenvalue weighted by Gasteiger charge is -2.05. The highest BCUT2D eigenvalue weighted by Gasteiger charge is 2.05. The fourth-order valence-electron chi connectivity index (χ4n) is 0.466. The summed E-state index contributed by atoms with van der Waals surface area (Å²) in [6, 6.07) is 0. The molecule has 66 valence electrons. The predicted octanol–water partition coefficient (Wildman–Crippen LogP) is 0.663. The van der Waals surface area contributed by atoms with Gasteiger partial charge in [0.1, 0.15) is 0 Å². The molecule has 1 N–H and O–H groups in total. The number of thioether (sulfide) groups is 1. The highest BCUT2D eigenvalue weighted by atomic mass is 32.2. The quantitative estimate of drug-likeness (QED) is 0.628. The maximum atomic E-state index is 10.7. The summed E-state index contributed by atoms with van der Waals surface area (Å²) in [4.78, 5) is 10.7. The van der Waals surface area contributed by atoms with Gasteiger partial charge in [-0.3, -0.25) is 4.79 Å². The molecule has 0 amide bonds. The molecule has 0 aromatic heterocycles. The van der Waals surface area contributed by atoms with E-state index in [1.807, 2.05) is 6.92 Å². The first-order valence-corrected chi connectivity index (χ1v) is 4.63. The smallest absolute Gasteiger partial charge is 0.315 e. The Hall–Kier alpha value is -0.220. The topological polar surface area (TPSA) is 46.5 Å².